The third kappa shape index (κ3) is 41.1. The number of ether oxygens (including phenoxy) is 2. The number of phosphoric ester groups is 1. The number of carbonyl (C=O) groups excluding carboxylic acids is 1. The van der Waals surface area contributed by atoms with Gasteiger partial charge in [0.15, 0.2) is 0 Å². The Morgan fingerprint density at radius 2 is 1.04 bits per heavy atom. The standard InChI is InChI=1S/C45H80NO7P/c1-3-5-7-9-11-13-15-17-19-21-22-23-24-26-28-30-32-34-36-38-45(47)53-44(43-52-54(48,49)51-41-39-46)42-50-40-37-35-33-31-29-27-25-20-18-16-14-12-10-8-6-4-2/h6,8,12,14,17-20,27,29,33,35,44H,3-5,7,9-11,13,15-16,21-26,28,30-32,34,36-43,46H2,1-2H3,(H,48,49)/b8-6-,14-12-,19-17-,20-18-,29-27-,35-33-. The first-order chi connectivity index (χ1) is 26.4. The van der Waals surface area contributed by atoms with Gasteiger partial charge in [0.05, 0.1) is 26.4 Å². The van der Waals surface area contributed by atoms with Crippen molar-refractivity contribution in [1.29, 1.82) is 0 Å². The summed E-state index contributed by atoms with van der Waals surface area (Å²) in [5.41, 5.74) is 5.36. The SMILES string of the molecule is CC/C=C\C/C=C\C/C=C\C/C=C\C/C=C\CCOCC(COP(=O)(O)OCCN)OC(=O)CCCCCCCCCCC/C=C\CCCCCCCC. The van der Waals surface area contributed by atoms with Gasteiger partial charge in [0.1, 0.15) is 6.10 Å². The number of hydrogen-bond donors (Lipinski definition) is 2. The molecule has 8 nitrogen and oxygen atoms in total. The Balaban J connectivity index is 4.14. The fraction of sp³-hybridized carbons (Fsp3) is 0.711. The summed E-state index contributed by atoms with van der Waals surface area (Å²) in [6.45, 7) is 4.56. The summed E-state index contributed by atoms with van der Waals surface area (Å²) in [6, 6.07) is 0. The van der Waals surface area contributed by atoms with E-state index in [2.05, 4.69) is 86.8 Å². The van der Waals surface area contributed by atoms with E-state index < -0.39 is 13.9 Å². The molecule has 0 saturated heterocycles. The van der Waals surface area contributed by atoms with Crippen molar-refractivity contribution in [3.8, 4) is 0 Å². The lowest BCUT2D eigenvalue weighted by Crippen LogP contribution is -2.28. The molecule has 0 heterocycles. The lowest BCUT2D eigenvalue weighted by atomic mass is 10.1. The Kier molecular flexibility index (Phi) is 40.5. The topological polar surface area (TPSA) is 117 Å². The van der Waals surface area contributed by atoms with Crippen molar-refractivity contribution in [2.24, 2.45) is 5.73 Å². The van der Waals surface area contributed by atoms with Crippen LogP contribution in [-0.4, -0.2) is 49.9 Å². The van der Waals surface area contributed by atoms with Crippen molar-refractivity contribution in [2.75, 3.05) is 33.0 Å². The summed E-state index contributed by atoms with van der Waals surface area (Å²) < 4.78 is 33.3. The molecule has 0 rings (SSSR count). The molecule has 0 radical (unpaired) electrons. The van der Waals surface area contributed by atoms with Crippen LogP contribution in [0.25, 0.3) is 0 Å². The van der Waals surface area contributed by atoms with Crippen molar-refractivity contribution in [2.45, 2.75) is 174 Å². The van der Waals surface area contributed by atoms with E-state index in [-0.39, 0.29) is 32.3 Å². The van der Waals surface area contributed by atoms with Crippen LogP contribution in [0.3, 0.4) is 0 Å². The van der Waals surface area contributed by atoms with Crippen molar-refractivity contribution in [3.63, 3.8) is 0 Å². The van der Waals surface area contributed by atoms with Gasteiger partial charge in [0.2, 0.25) is 0 Å². The average molecular weight is 778 g/mol. The van der Waals surface area contributed by atoms with Crippen molar-refractivity contribution >= 4 is 13.8 Å². The number of carbonyl (C=O) groups is 1. The molecule has 2 atom stereocenters. The number of esters is 1. The maximum absolute atomic E-state index is 12.6. The first-order valence-corrected chi connectivity index (χ1v) is 22.9. The molecule has 0 amide bonds. The molecular weight excluding hydrogens is 697 g/mol. The summed E-state index contributed by atoms with van der Waals surface area (Å²) in [5, 5.41) is 0. The molecule has 0 fully saturated rings. The molecule has 0 aliphatic rings. The molecule has 3 N–H and O–H groups in total. The van der Waals surface area contributed by atoms with Gasteiger partial charge in [-0.05, 0) is 70.6 Å². The second kappa shape index (κ2) is 42.1. The van der Waals surface area contributed by atoms with Crippen molar-refractivity contribution in [3.05, 3.63) is 72.9 Å². The second-order valence-corrected chi connectivity index (χ2v) is 15.3. The third-order valence-corrected chi connectivity index (χ3v) is 9.61. The fourth-order valence-corrected chi connectivity index (χ4v) is 6.29. The Hall–Kier alpha value is -2.06. The molecule has 0 aromatic carbocycles. The molecule has 9 heteroatoms. The van der Waals surface area contributed by atoms with Crippen LogP contribution in [0.4, 0.5) is 0 Å². The van der Waals surface area contributed by atoms with E-state index in [1.54, 1.807) is 0 Å². The van der Waals surface area contributed by atoms with Gasteiger partial charge in [-0.15, -0.1) is 0 Å². The normalized spacial score (nSPS) is 14.2. The van der Waals surface area contributed by atoms with E-state index in [0.717, 1.165) is 51.4 Å². The van der Waals surface area contributed by atoms with Crippen LogP contribution < -0.4 is 5.73 Å². The highest BCUT2D eigenvalue weighted by molar-refractivity contribution is 7.47. The minimum atomic E-state index is -4.30. The van der Waals surface area contributed by atoms with E-state index in [1.165, 1.54) is 89.9 Å². The largest absolute Gasteiger partial charge is 0.472 e. The second-order valence-electron chi connectivity index (χ2n) is 13.8. The van der Waals surface area contributed by atoms with Crippen LogP contribution in [0.1, 0.15) is 168 Å². The molecule has 0 aliphatic carbocycles. The third-order valence-electron chi connectivity index (χ3n) is 8.63. The minimum absolute atomic E-state index is 0.0583. The Morgan fingerprint density at radius 3 is 1.56 bits per heavy atom. The number of rotatable bonds is 40. The molecule has 0 saturated carbocycles. The van der Waals surface area contributed by atoms with Crippen LogP contribution in [0.2, 0.25) is 0 Å². The maximum Gasteiger partial charge on any atom is 0.472 e. The molecule has 312 valence electrons. The molecule has 0 aliphatic heterocycles. The van der Waals surface area contributed by atoms with E-state index in [0.29, 0.717) is 19.4 Å². The van der Waals surface area contributed by atoms with Crippen LogP contribution in [0, 0.1) is 0 Å². The number of hydrogen-bond acceptors (Lipinski definition) is 7. The summed E-state index contributed by atoms with van der Waals surface area (Å²) in [7, 11) is -4.30. The first-order valence-electron chi connectivity index (χ1n) is 21.4. The van der Waals surface area contributed by atoms with E-state index >= 15 is 0 Å². The van der Waals surface area contributed by atoms with E-state index in [4.69, 9.17) is 24.3 Å². The van der Waals surface area contributed by atoms with Gasteiger partial charge in [-0.1, -0.05) is 164 Å². The van der Waals surface area contributed by atoms with Gasteiger partial charge < -0.3 is 20.1 Å². The lowest BCUT2D eigenvalue weighted by molar-refractivity contribution is -0.154. The van der Waals surface area contributed by atoms with Crippen molar-refractivity contribution < 1.29 is 32.8 Å². The summed E-state index contributed by atoms with van der Waals surface area (Å²) in [6.07, 6.45) is 52.3. The molecule has 0 bridgehead atoms. The Morgan fingerprint density at radius 1 is 0.574 bits per heavy atom. The fourth-order valence-electron chi connectivity index (χ4n) is 5.53. The van der Waals surface area contributed by atoms with Gasteiger partial charge in [-0.3, -0.25) is 13.8 Å². The van der Waals surface area contributed by atoms with Crippen LogP contribution in [-0.2, 0) is 27.9 Å². The highest BCUT2D eigenvalue weighted by Gasteiger charge is 2.25. The van der Waals surface area contributed by atoms with Gasteiger partial charge in [0.25, 0.3) is 0 Å². The maximum atomic E-state index is 12.6. The number of phosphoric acid groups is 1. The minimum Gasteiger partial charge on any atom is -0.457 e. The predicted octanol–water partition coefficient (Wildman–Crippen LogP) is 12.7. The zero-order chi connectivity index (χ0) is 39.5. The quantitative estimate of drug-likeness (QED) is 0.0273. The molecule has 54 heavy (non-hydrogen) atoms. The Labute approximate surface area is 331 Å². The predicted molar refractivity (Wildman–Crippen MR) is 228 cm³/mol. The monoisotopic (exact) mass is 778 g/mol. The first kappa shape index (κ1) is 51.9. The number of unbranched alkanes of at least 4 members (excludes halogenated alkanes) is 15. The molecule has 0 spiro atoms. The van der Waals surface area contributed by atoms with Crippen molar-refractivity contribution in [1.82, 2.24) is 0 Å². The zero-order valence-electron chi connectivity index (χ0n) is 34.4. The zero-order valence-corrected chi connectivity index (χ0v) is 35.3. The van der Waals surface area contributed by atoms with E-state index in [9.17, 15) is 14.3 Å². The molecule has 2 unspecified atom stereocenters. The molecular formula is C45H80NO7P. The Bertz CT molecular complexity index is 1050. The average Bonchev–Trinajstić information content (AvgIpc) is 3.16. The van der Waals surface area contributed by atoms with Gasteiger partial charge >= 0.3 is 13.8 Å². The van der Waals surface area contributed by atoms with Gasteiger partial charge in [-0.2, -0.15) is 0 Å². The van der Waals surface area contributed by atoms with E-state index in [1.807, 2.05) is 0 Å². The summed E-state index contributed by atoms with van der Waals surface area (Å²) >= 11 is 0. The summed E-state index contributed by atoms with van der Waals surface area (Å²) in [4.78, 5) is 22.5. The molecule has 0 aromatic rings. The highest BCUT2D eigenvalue weighted by atomic mass is 31.2. The number of allylic oxidation sites excluding steroid dienone is 11. The van der Waals surface area contributed by atoms with Gasteiger partial charge in [-0.25, -0.2) is 4.57 Å². The van der Waals surface area contributed by atoms with Crippen LogP contribution in [0.5, 0.6) is 0 Å². The lowest BCUT2D eigenvalue weighted by Gasteiger charge is -2.19. The van der Waals surface area contributed by atoms with Crippen LogP contribution >= 0.6 is 7.82 Å². The molecule has 0 aromatic heterocycles. The van der Waals surface area contributed by atoms with Crippen LogP contribution in [0.15, 0.2) is 72.9 Å². The van der Waals surface area contributed by atoms with Gasteiger partial charge in [0, 0.05) is 13.0 Å². The highest BCUT2D eigenvalue weighted by Crippen LogP contribution is 2.43. The summed E-state index contributed by atoms with van der Waals surface area (Å²) in [5.74, 6) is -0.360. The smallest absolute Gasteiger partial charge is 0.457 e. The number of nitrogens with two attached hydrogens (primary N) is 1.